The van der Waals surface area contributed by atoms with Gasteiger partial charge in [0, 0.05) is 32.2 Å². The molecular formula is C12H26N2O2. The van der Waals surface area contributed by atoms with E-state index in [1.807, 2.05) is 13.8 Å². The maximum atomic E-state index is 11.4. The number of nitrogens with one attached hydrogen (secondary N) is 1. The first-order chi connectivity index (χ1) is 7.45. The van der Waals surface area contributed by atoms with Gasteiger partial charge in [-0.05, 0) is 39.5 Å². The van der Waals surface area contributed by atoms with E-state index in [4.69, 9.17) is 10.5 Å². The summed E-state index contributed by atoms with van der Waals surface area (Å²) < 4.78 is 4.94. The third-order valence-corrected chi connectivity index (χ3v) is 2.34. The summed E-state index contributed by atoms with van der Waals surface area (Å²) in [7, 11) is 1.70. The van der Waals surface area contributed by atoms with E-state index in [1.165, 1.54) is 0 Å². The molecule has 0 saturated heterocycles. The summed E-state index contributed by atoms with van der Waals surface area (Å²) >= 11 is 0. The summed E-state index contributed by atoms with van der Waals surface area (Å²) in [5.74, 6) is 0.102. The normalized spacial score (nSPS) is 11.5. The average molecular weight is 230 g/mol. The molecule has 4 nitrogen and oxygen atoms in total. The summed E-state index contributed by atoms with van der Waals surface area (Å²) in [6.45, 7) is 5.43. The number of amides is 1. The lowest BCUT2D eigenvalue weighted by Crippen LogP contribution is -2.34. The maximum Gasteiger partial charge on any atom is 0.220 e. The first-order valence-corrected chi connectivity index (χ1v) is 6.00. The SMILES string of the molecule is COCCCCCNC(=O)CCC(C)(C)N. The second kappa shape index (κ2) is 8.53. The van der Waals surface area contributed by atoms with Crippen LogP contribution in [0.25, 0.3) is 0 Å². The Morgan fingerprint density at radius 3 is 2.56 bits per heavy atom. The quantitative estimate of drug-likeness (QED) is 0.589. The summed E-state index contributed by atoms with van der Waals surface area (Å²) in [6.07, 6.45) is 4.41. The summed E-state index contributed by atoms with van der Waals surface area (Å²) in [5.41, 5.74) is 5.55. The second-order valence-electron chi connectivity index (χ2n) is 4.89. The highest BCUT2D eigenvalue weighted by Gasteiger charge is 2.12. The number of rotatable bonds is 9. The van der Waals surface area contributed by atoms with Crippen LogP contribution in [-0.4, -0.2) is 31.7 Å². The minimum atomic E-state index is -0.254. The summed E-state index contributed by atoms with van der Waals surface area (Å²) in [6, 6.07) is 0. The topological polar surface area (TPSA) is 64.3 Å². The summed E-state index contributed by atoms with van der Waals surface area (Å²) in [4.78, 5) is 11.4. The largest absolute Gasteiger partial charge is 0.385 e. The van der Waals surface area contributed by atoms with Crippen molar-refractivity contribution < 1.29 is 9.53 Å². The fraction of sp³-hybridized carbons (Fsp3) is 0.917. The fourth-order valence-corrected chi connectivity index (χ4v) is 1.30. The van der Waals surface area contributed by atoms with Gasteiger partial charge >= 0.3 is 0 Å². The number of carbonyl (C=O) groups is 1. The number of methoxy groups -OCH3 is 1. The molecule has 0 radical (unpaired) electrons. The zero-order valence-electron chi connectivity index (χ0n) is 10.8. The molecule has 0 aromatic heterocycles. The molecule has 0 aliphatic heterocycles. The Morgan fingerprint density at radius 1 is 1.31 bits per heavy atom. The highest BCUT2D eigenvalue weighted by molar-refractivity contribution is 5.75. The van der Waals surface area contributed by atoms with Gasteiger partial charge in [-0.1, -0.05) is 0 Å². The minimum absolute atomic E-state index is 0.102. The Morgan fingerprint density at radius 2 is 2.00 bits per heavy atom. The molecule has 0 bridgehead atoms. The molecule has 16 heavy (non-hydrogen) atoms. The molecule has 0 spiro atoms. The fourth-order valence-electron chi connectivity index (χ4n) is 1.30. The van der Waals surface area contributed by atoms with E-state index in [0.29, 0.717) is 6.42 Å². The van der Waals surface area contributed by atoms with Crippen LogP contribution in [0.5, 0.6) is 0 Å². The van der Waals surface area contributed by atoms with Gasteiger partial charge in [-0.25, -0.2) is 0 Å². The summed E-state index contributed by atoms with van der Waals surface area (Å²) in [5, 5.41) is 2.90. The van der Waals surface area contributed by atoms with E-state index in [0.717, 1.165) is 38.8 Å². The first-order valence-electron chi connectivity index (χ1n) is 6.00. The number of hydrogen-bond acceptors (Lipinski definition) is 3. The molecule has 3 N–H and O–H groups in total. The lowest BCUT2D eigenvalue weighted by molar-refractivity contribution is -0.121. The molecule has 4 heteroatoms. The Labute approximate surface area is 98.9 Å². The van der Waals surface area contributed by atoms with Crippen molar-refractivity contribution in [2.45, 2.75) is 51.5 Å². The number of hydrogen-bond donors (Lipinski definition) is 2. The standard InChI is InChI=1S/C12H26N2O2/c1-12(2,13)8-7-11(15)14-9-5-4-6-10-16-3/h4-10,13H2,1-3H3,(H,14,15). The van der Waals surface area contributed by atoms with Gasteiger partial charge in [-0.3, -0.25) is 4.79 Å². The second-order valence-corrected chi connectivity index (χ2v) is 4.89. The van der Waals surface area contributed by atoms with Crippen LogP contribution in [-0.2, 0) is 9.53 Å². The lowest BCUT2D eigenvalue weighted by Gasteiger charge is -2.17. The van der Waals surface area contributed by atoms with Gasteiger partial charge in [0.2, 0.25) is 5.91 Å². The van der Waals surface area contributed by atoms with Gasteiger partial charge in [0.15, 0.2) is 0 Å². The molecule has 0 aliphatic rings. The van der Waals surface area contributed by atoms with Crippen LogP contribution in [0.3, 0.4) is 0 Å². The van der Waals surface area contributed by atoms with Crippen molar-refractivity contribution >= 4 is 5.91 Å². The molecule has 0 fully saturated rings. The third kappa shape index (κ3) is 11.5. The van der Waals surface area contributed by atoms with E-state index in [2.05, 4.69) is 5.32 Å². The molecular weight excluding hydrogens is 204 g/mol. The van der Waals surface area contributed by atoms with Crippen molar-refractivity contribution in [1.82, 2.24) is 5.32 Å². The number of ether oxygens (including phenoxy) is 1. The van der Waals surface area contributed by atoms with E-state index < -0.39 is 0 Å². The van der Waals surface area contributed by atoms with Crippen molar-refractivity contribution in [3.05, 3.63) is 0 Å². The van der Waals surface area contributed by atoms with Gasteiger partial charge in [0.25, 0.3) is 0 Å². The minimum Gasteiger partial charge on any atom is -0.385 e. The van der Waals surface area contributed by atoms with Crippen molar-refractivity contribution in [1.29, 1.82) is 0 Å². The molecule has 0 heterocycles. The van der Waals surface area contributed by atoms with Crippen LogP contribution in [0.15, 0.2) is 0 Å². The van der Waals surface area contributed by atoms with Gasteiger partial charge in [-0.2, -0.15) is 0 Å². The van der Waals surface area contributed by atoms with Crippen molar-refractivity contribution in [3.63, 3.8) is 0 Å². The third-order valence-electron chi connectivity index (χ3n) is 2.34. The first kappa shape index (κ1) is 15.4. The van der Waals surface area contributed by atoms with Gasteiger partial charge in [0.1, 0.15) is 0 Å². The van der Waals surface area contributed by atoms with Crippen molar-refractivity contribution in [3.8, 4) is 0 Å². The van der Waals surface area contributed by atoms with E-state index in [1.54, 1.807) is 7.11 Å². The predicted molar refractivity (Wildman–Crippen MR) is 66.2 cm³/mol. The van der Waals surface area contributed by atoms with Gasteiger partial charge < -0.3 is 15.8 Å². The van der Waals surface area contributed by atoms with E-state index in [9.17, 15) is 4.79 Å². The van der Waals surface area contributed by atoms with Gasteiger partial charge in [0.05, 0.1) is 0 Å². The predicted octanol–water partition coefficient (Wildman–Crippen LogP) is 1.44. The van der Waals surface area contributed by atoms with Crippen molar-refractivity contribution in [2.24, 2.45) is 5.73 Å². The van der Waals surface area contributed by atoms with E-state index in [-0.39, 0.29) is 11.4 Å². The molecule has 96 valence electrons. The number of unbranched alkanes of at least 4 members (excludes halogenated alkanes) is 2. The average Bonchev–Trinajstić information content (AvgIpc) is 2.19. The zero-order chi connectivity index (χ0) is 12.4. The maximum absolute atomic E-state index is 11.4. The van der Waals surface area contributed by atoms with Gasteiger partial charge in [-0.15, -0.1) is 0 Å². The Kier molecular flexibility index (Phi) is 8.21. The Balaban J connectivity index is 3.31. The van der Waals surface area contributed by atoms with Crippen LogP contribution in [0.1, 0.15) is 46.0 Å². The van der Waals surface area contributed by atoms with Crippen molar-refractivity contribution in [2.75, 3.05) is 20.3 Å². The van der Waals surface area contributed by atoms with Crippen LogP contribution >= 0.6 is 0 Å². The molecule has 0 rings (SSSR count). The lowest BCUT2D eigenvalue weighted by atomic mass is 10.00. The Hall–Kier alpha value is -0.610. The molecule has 0 saturated carbocycles. The monoisotopic (exact) mass is 230 g/mol. The number of carbonyl (C=O) groups excluding carboxylic acids is 1. The Bertz CT molecular complexity index is 188. The highest BCUT2D eigenvalue weighted by Crippen LogP contribution is 2.06. The van der Waals surface area contributed by atoms with E-state index >= 15 is 0 Å². The number of nitrogens with two attached hydrogens (primary N) is 1. The molecule has 0 aromatic carbocycles. The molecule has 0 unspecified atom stereocenters. The van der Waals surface area contributed by atoms with Crippen LogP contribution < -0.4 is 11.1 Å². The molecule has 0 aromatic rings. The van der Waals surface area contributed by atoms with Crippen LogP contribution in [0.4, 0.5) is 0 Å². The van der Waals surface area contributed by atoms with Crippen LogP contribution in [0, 0.1) is 0 Å². The smallest absolute Gasteiger partial charge is 0.220 e. The molecule has 1 amide bonds. The molecule has 0 aliphatic carbocycles. The van der Waals surface area contributed by atoms with Crippen LogP contribution in [0.2, 0.25) is 0 Å². The molecule has 0 atom stereocenters. The zero-order valence-corrected chi connectivity index (χ0v) is 10.8. The highest BCUT2D eigenvalue weighted by atomic mass is 16.5.